The summed E-state index contributed by atoms with van der Waals surface area (Å²) >= 11 is 11.8. The highest BCUT2D eigenvalue weighted by Crippen LogP contribution is 2.20. The van der Waals surface area contributed by atoms with Crippen LogP contribution >= 0.6 is 23.2 Å². The van der Waals surface area contributed by atoms with Crippen LogP contribution in [-0.2, 0) is 6.54 Å². The van der Waals surface area contributed by atoms with E-state index in [1.54, 1.807) is 0 Å². The Labute approximate surface area is 136 Å². The Morgan fingerprint density at radius 3 is 1.95 bits per heavy atom. The zero-order valence-electron chi connectivity index (χ0n) is 12.3. The van der Waals surface area contributed by atoms with Gasteiger partial charge in [0.05, 0.1) is 0 Å². The van der Waals surface area contributed by atoms with E-state index in [4.69, 9.17) is 23.2 Å². The molecule has 0 spiro atoms. The van der Waals surface area contributed by atoms with E-state index in [1.807, 2.05) is 36.4 Å². The van der Waals surface area contributed by atoms with Gasteiger partial charge in [-0.3, -0.25) is 0 Å². The van der Waals surface area contributed by atoms with E-state index >= 15 is 0 Å². The van der Waals surface area contributed by atoms with E-state index in [1.165, 1.54) is 11.1 Å². The van der Waals surface area contributed by atoms with E-state index in [9.17, 15) is 0 Å². The molecule has 0 bridgehead atoms. The summed E-state index contributed by atoms with van der Waals surface area (Å²) in [5, 5.41) is 5.04. The molecule has 2 aromatic rings. The van der Waals surface area contributed by atoms with Crippen molar-refractivity contribution in [2.75, 3.05) is 20.6 Å². The summed E-state index contributed by atoms with van der Waals surface area (Å²) < 4.78 is 0. The molecule has 112 valence electrons. The van der Waals surface area contributed by atoms with Crippen LogP contribution in [0.2, 0.25) is 10.0 Å². The van der Waals surface area contributed by atoms with Crippen molar-refractivity contribution in [1.82, 2.24) is 10.2 Å². The Morgan fingerprint density at radius 2 is 1.43 bits per heavy atom. The van der Waals surface area contributed by atoms with E-state index in [0.717, 1.165) is 23.1 Å². The fourth-order valence-electron chi connectivity index (χ4n) is 2.24. The minimum atomic E-state index is 0.314. The van der Waals surface area contributed by atoms with Crippen LogP contribution in [0.3, 0.4) is 0 Å². The molecule has 2 rings (SSSR count). The highest BCUT2D eigenvalue weighted by Gasteiger charge is 2.13. The predicted molar refractivity (Wildman–Crippen MR) is 91.0 cm³/mol. The molecule has 0 aliphatic carbocycles. The van der Waals surface area contributed by atoms with Gasteiger partial charge < -0.3 is 10.2 Å². The van der Waals surface area contributed by atoms with E-state index in [2.05, 4.69) is 36.4 Å². The molecule has 0 fully saturated rings. The van der Waals surface area contributed by atoms with Crippen molar-refractivity contribution >= 4 is 23.2 Å². The van der Waals surface area contributed by atoms with Gasteiger partial charge in [0.2, 0.25) is 0 Å². The highest BCUT2D eigenvalue weighted by atomic mass is 35.5. The number of rotatable bonds is 6. The van der Waals surface area contributed by atoms with Gasteiger partial charge in [0.25, 0.3) is 0 Å². The van der Waals surface area contributed by atoms with Gasteiger partial charge in [-0.15, -0.1) is 0 Å². The Bertz CT molecular complexity index is 550. The molecule has 2 nitrogen and oxygen atoms in total. The first-order valence-electron chi connectivity index (χ1n) is 6.93. The second kappa shape index (κ2) is 7.81. The lowest BCUT2D eigenvalue weighted by molar-refractivity contribution is 0.288. The summed E-state index contributed by atoms with van der Waals surface area (Å²) in [6, 6.07) is 16.3. The van der Waals surface area contributed by atoms with Gasteiger partial charge in [-0.2, -0.15) is 0 Å². The smallest absolute Gasteiger partial charge is 0.0466 e. The second-order valence-electron chi connectivity index (χ2n) is 5.29. The van der Waals surface area contributed by atoms with Gasteiger partial charge >= 0.3 is 0 Å². The molecular weight excluding hydrogens is 303 g/mol. The Balaban J connectivity index is 1.94. The first kappa shape index (κ1) is 16.3. The molecule has 0 aromatic heterocycles. The molecule has 1 N–H and O–H groups in total. The number of hydrogen-bond acceptors (Lipinski definition) is 2. The molecule has 0 aliphatic rings. The topological polar surface area (TPSA) is 15.3 Å². The summed E-state index contributed by atoms with van der Waals surface area (Å²) in [5.41, 5.74) is 2.49. The monoisotopic (exact) mass is 322 g/mol. The van der Waals surface area contributed by atoms with Gasteiger partial charge in [0, 0.05) is 29.2 Å². The van der Waals surface area contributed by atoms with Crippen LogP contribution in [0, 0.1) is 0 Å². The van der Waals surface area contributed by atoms with Crippen molar-refractivity contribution in [3.63, 3.8) is 0 Å². The number of likely N-dealkylation sites (N-methyl/N-ethyl adjacent to an activating group) is 1. The molecule has 0 amide bonds. The summed E-state index contributed by atoms with van der Waals surface area (Å²) in [6.45, 7) is 1.70. The SMILES string of the molecule is CN(C)C(CNCc1ccc(Cl)cc1)c1ccc(Cl)cc1. The first-order valence-corrected chi connectivity index (χ1v) is 7.69. The molecule has 1 unspecified atom stereocenters. The standard InChI is InChI=1S/C17H20Cl2N2/c1-21(2)17(14-5-9-16(19)10-6-14)12-20-11-13-3-7-15(18)8-4-13/h3-10,17,20H,11-12H2,1-2H3. The summed E-state index contributed by atoms with van der Waals surface area (Å²) in [7, 11) is 4.17. The van der Waals surface area contributed by atoms with Crippen LogP contribution in [0.5, 0.6) is 0 Å². The third-order valence-electron chi connectivity index (χ3n) is 3.46. The van der Waals surface area contributed by atoms with Crippen molar-refractivity contribution in [1.29, 1.82) is 0 Å². The quantitative estimate of drug-likeness (QED) is 0.848. The summed E-state index contributed by atoms with van der Waals surface area (Å²) in [6.07, 6.45) is 0. The summed E-state index contributed by atoms with van der Waals surface area (Å²) in [4.78, 5) is 2.21. The minimum absolute atomic E-state index is 0.314. The Kier molecular flexibility index (Phi) is 6.07. The number of hydrogen-bond donors (Lipinski definition) is 1. The lowest BCUT2D eigenvalue weighted by atomic mass is 10.1. The van der Waals surface area contributed by atoms with Gasteiger partial charge in [0.1, 0.15) is 0 Å². The molecule has 21 heavy (non-hydrogen) atoms. The van der Waals surface area contributed by atoms with Crippen molar-refractivity contribution in [2.24, 2.45) is 0 Å². The Hall–Kier alpha value is -1.06. The number of halogens is 2. The van der Waals surface area contributed by atoms with Crippen molar-refractivity contribution in [3.8, 4) is 0 Å². The lowest BCUT2D eigenvalue weighted by Crippen LogP contribution is -2.30. The number of nitrogens with zero attached hydrogens (tertiary/aromatic N) is 1. The molecular formula is C17H20Cl2N2. The largest absolute Gasteiger partial charge is 0.311 e. The van der Waals surface area contributed by atoms with E-state index in [-0.39, 0.29) is 0 Å². The molecule has 2 aromatic carbocycles. The fourth-order valence-corrected chi connectivity index (χ4v) is 2.49. The molecule has 0 aliphatic heterocycles. The van der Waals surface area contributed by atoms with Crippen LogP contribution in [0.1, 0.15) is 17.2 Å². The number of nitrogens with one attached hydrogen (secondary N) is 1. The maximum atomic E-state index is 5.95. The maximum Gasteiger partial charge on any atom is 0.0466 e. The van der Waals surface area contributed by atoms with Crippen LogP contribution in [0.15, 0.2) is 48.5 Å². The van der Waals surface area contributed by atoms with Crippen LogP contribution < -0.4 is 5.32 Å². The van der Waals surface area contributed by atoms with Crippen LogP contribution in [0.25, 0.3) is 0 Å². The van der Waals surface area contributed by atoms with Gasteiger partial charge in [0.15, 0.2) is 0 Å². The van der Waals surface area contributed by atoms with Crippen molar-refractivity contribution < 1.29 is 0 Å². The molecule has 0 saturated heterocycles. The van der Waals surface area contributed by atoms with E-state index in [0.29, 0.717) is 6.04 Å². The fraction of sp³-hybridized carbons (Fsp3) is 0.294. The highest BCUT2D eigenvalue weighted by molar-refractivity contribution is 6.30. The minimum Gasteiger partial charge on any atom is -0.311 e. The van der Waals surface area contributed by atoms with Gasteiger partial charge in [-0.25, -0.2) is 0 Å². The molecule has 4 heteroatoms. The van der Waals surface area contributed by atoms with Crippen molar-refractivity contribution in [2.45, 2.75) is 12.6 Å². The van der Waals surface area contributed by atoms with Gasteiger partial charge in [-0.05, 0) is 49.5 Å². The van der Waals surface area contributed by atoms with Crippen molar-refractivity contribution in [3.05, 3.63) is 69.7 Å². The third kappa shape index (κ3) is 5.01. The zero-order chi connectivity index (χ0) is 15.2. The van der Waals surface area contributed by atoms with Crippen LogP contribution in [0.4, 0.5) is 0 Å². The second-order valence-corrected chi connectivity index (χ2v) is 6.16. The zero-order valence-corrected chi connectivity index (χ0v) is 13.8. The predicted octanol–water partition coefficient (Wildman–Crippen LogP) is 4.39. The van der Waals surface area contributed by atoms with Gasteiger partial charge in [-0.1, -0.05) is 47.5 Å². The normalized spacial score (nSPS) is 12.6. The molecule has 0 saturated carbocycles. The average molecular weight is 323 g/mol. The average Bonchev–Trinajstić information content (AvgIpc) is 2.46. The lowest BCUT2D eigenvalue weighted by Gasteiger charge is -2.25. The van der Waals surface area contributed by atoms with Crippen LogP contribution in [-0.4, -0.2) is 25.5 Å². The first-order chi connectivity index (χ1) is 10.1. The number of benzene rings is 2. The summed E-state index contributed by atoms with van der Waals surface area (Å²) in [5.74, 6) is 0. The molecule has 0 radical (unpaired) electrons. The molecule has 0 heterocycles. The van der Waals surface area contributed by atoms with E-state index < -0.39 is 0 Å². The Morgan fingerprint density at radius 1 is 0.905 bits per heavy atom. The third-order valence-corrected chi connectivity index (χ3v) is 3.96. The maximum absolute atomic E-state index is 5.95. The molecule has 1 atom stereocenters.